The third kappa shape index (κ3) is 2.74. The third-order valence-electron chi connectivity index (χ3n) is 3.78. The van der Waals surface area contributed by atoms with E-state index in [1.807, 2.05) is 18.2 Å². The molecule has 1 aliphatic rings. The number of benzene rings is 2. The first kappa shape index (κ1) is 14.4. The van der Waals surface area contributed by atoms with Crippen molar-refractivity contribution in [2.24, 2.45) is 0 Å². The molecule has 0 bridgehead atoms. The number of halogens is 1. The highest BCUT2D eigenvalue weighted by Crippen LogP contribution is 2.32. The topological polar surface area (TPSA) is 53.4 Å². The van der Waals surface area contributed by atoms with Crippen LogP contribution in [0.3, 0.4) is 0 Å². The van der Waals surface area contributed by atoms with E-state index in [0.717, 1.165) is 11.1 Å². The molecule has 0 unspecified atom stereocenters. The SMILES string of the molecule is O=c1ccc(-c2ccc(F)cc2)nn1Cc1ccc2c(c1)OCO2. The molecule has 6 heteroatoms. The number of fused-ring (bicyclic) bond motifs is 1. The van der Waals surface area contributed by atoms with Crippen LogP contribution in [-0.4, -0.2) is 16.6 Å². The molecule has 2 aromatic carbocycles. The Hall–Kier alpha value is -3.15. The standard InChI is InChI=1S/C18H13FN2O3/c19-14-4-2-13(3-5-14)15-6-8-18(22)21(20-15)10-12-1-7-16-17(9-12)24-11-23-16/h1-9H,10-11H2. The lowest BCUT2D eigenvalue weighted by molar-refractivity contribution is 0.174. The summed E-state index contributed by atoms with van der Waals surface area (Å²) < 4.78 is 25.0. The van der Waals surface area contributed by atoms with Crippen LogP contribution in [-0.2, 0) is 6.54 Å². The first-order valence-corrected chi connectivity index (χ1v) is 7.42. The summed E-state index contributed by atoms with van der Waals surface area (Å²) >= 11 is 0. The maximum atomic E-state index is 13.0. The van der Waals surface area contributed by atoms with Crippen LogP contribution in [0.2, 0.25) is 0 Å². The van der Waals surface area contributed by atoms with Gasteiger partial charge >= 0.3 is 0 Å². The summed E-state index contributed by atoms with van der Waals surface area (Å²) in [6.45, 7) is 0.515. The van der Waals surface area contributed by atoms with Gasteiger partial charge in [0.2, 0.25) is 6.79 Å². The number of nitrogens with zero attached hydrogens (tertiary/aromatic N) is 2. The second kappa shape index (κ2) is 5.81. The molecular formula is C18H13FN2O3. The van der Waals surface area contributed by atoms with Gasteiger partial charge in [-0.1, -0.05) is 6.07 Å². The van der Waals surface area contributed by atoms with Gasteiger partial charge in [0.15, 0.2) is 11.5 Å². The van der Waals surface area contributed by atoms with Crippen molar-refractivity contribution in [2.75, 3.05) is 6.79 Å². The minimum atomic E-state index is -0.313. The lowest BCUT2D eigenvalue weighted by Gasteiger charge is -2.08. The molecule has 0 N–H and O–H groups in total. The van der Waals surface area contributed by atoms with Crippen LogP contribution >= 0.6 is 0 Å². The van der Waals surface area contributed by atoms with E-state index in [4.69, 9.17) is 9.47 Å². The van der Waals surface area contributed by atoms with Crippen LogP contribution in [0.25, 0.3) is 11.3 Å². The summed E-state index contributed by atoms with van der Waals surface area (Å²) in [5, 5.41) is 4.37. The summed E-state index contributed by atoms with van der Waals surface area (Å²) in [7, 11) is 0. The van der Waals surface area contributed by atoms with E-state index in [1.165, 1.54) is 22.9 Å². The van der Waals surface area contributed by atoms with Crippen molar-refractivity contribution in [3.63, 3.8) is 0 Å². The quantitative estimate of drug-likeness (QED) is 0.743. The lowest BCUT2D eigenvalue weighted by atomic mass is 10.1. The maximum absolute atomic E-state index is 13.0. The molecule has 120 valence electrons. The van der Waals surface area contributed by atoms with Crippen LogP contribution in [0.15, 0.2) is 59.4 Å². The van der Waals surface area contributed by atoms with Crippen molar-refractivity contribution in [1.82, 2.24) is 9.78 Å². The summed E-state index contributed by atoms with van der Waals surface area (Å²) in [6.07, 6.45) is 0. The van der Waals surface area contributed by atoms with Gasteiger partial charge in [-0.25, -0.2) is 9.07 Å². The normalized spacial score (nSPS) is 12.4. The fourth-order valence-electron chi connectivity index (χ4n) is 2.55. The lowest BCUT2D eigenvalue weighted by Crippen LogP contribution is -2.22. The predicted molar refractivity (Wildman–Crippen MR) is 85.6 cm³/mol. The van der Waals surface area contributed by atoms with Crippen LogP contribution < -0.4 is 15.0 Å². The molecular weight excluding hydrogens is 311 g/mol. The average Bonchev–Trinajstić information content (AvgIpc) is 3.05. The Kier molecular flexibility index (Phi) is 3.49. The molecule has 3 aromatic rings. The van der Waals surface area contributed by atoms with Crippen LogP contribution in [0.4, 0.5) is 4.39 Å². The highest BCUT2D eigenvalue weighted by molar-refractivity contribution is 5.57. The maximum Gasteiger partial charge on any atom is 0.267 e. The number of aromatic nitrogens is 2. The zero-order valence-corrected chi connectivity index (χ0v) is 12.6. The van der Waals surface area contributed by atoms with E-state index in [-0.39, 0.29) is 18.2 Å². The molecule has 0 fully saturated rings. The molecule has 1 aromatic heterocycles. The molecule has 0 atom stereocenters. The van der Waals surface area contributed by atoms with Crippen molar-refractivity contribution < 1.29 is 13.9 Å². The second-order valence-electron chi connectivity index (χ2n) is 5.41. The van der Waals surface area contributed by atoms with Gasteiger partial charge in [-0.3, -0.25) is 4.79 Å². The smallest absolute Gasteiger partial charge is 0.267 e. The van der Waals surface area contributed by atoms with Crippen LogP contribution in [0, 0.1) is 5.82 Å². The second-order valence-corrected chi connectivity index (χ2v) is 5.41. The number of ether oxygens (including phenoxy) is 2. The minimum Gasteiger partial charge on any atom is -0.454 e. The van der Waals surface area contributed by atoms with E-state index in [9.17, 15) is 9.18 Å². The molecule has 2 heterocycles. The summed E-state index contributed by atoms with van der Waals surface area (Å²) in [4.78, 5) is 12.1. The molecule has 0 amide bonds. The molecule has 0 radical (unpaired) electrons. The zero-order chi connectivity index (χ0) is 16.5. The van der Waals surface area contributed by atoms with E-state index in [2.05, 4.69) is 5.10 Å². The zero-order valence-electron chi connectivity index (χ0n) is 12.6. The first-order valence-electron chi connectivity index (χ1n) is 7.42. The Labute approximate surface area is 136 Å². The molecule has 1 aliphatic heterocycles. The van der Waals surface area contributed by atoms with Crippen molar-refractivity contribution in [2.45, 2.75) is 6.54 Å². The van der Waals surface area contributed by atoms with Gasteiger partial charge in [-0.05, 0) is 48.0 Å². The Morgan fingerprint density at radius 1 is 1.00 bits per heavy atom. The van der Waals surface area contributed by atoms with E-state index >= 15 is 0 Å². The fourth-order valence-corrected chi connectivity index (χ4v) is 2.55. The summed E-state index contributed by atoms with van der Waals surface area (Å²) in [5.74, 6) is 1.04. The molecule has 0 saturated carbocycles. The summed E-state index contributed by atoms with van der Waals surface area (Å²) in [6, 6.07) is 14.6. The Morgan fingerprint density at radius 3 is 2.62 bits per heavy atom. The largest absolute Gasteiger partial charge is 0.454 e. The third-order valence-corrected chi connectivity index (χ3v) is 3.78. The Bertz CT molecular complexity index is 951. The van der Waals surface area contributed by atoms with Gasteiger partial charge in [0.25, 0.3) is 5.56 Å². The minimum absolute atomic E-state index is 0.205. The van der Waals surface area contributed by atoms with Gasteiger partial charge in [0, 0.05) is 11.6 Å². The van der Waals surface area contributed by atoms with Gasteiger partial charge in [0.05, 0.1) is 12.2 Å². The van der Waals surface area contributed by atoms with E-state index < -0.39 is 0 Å². The molecule has 0 saturated heterocycles. The Morgan fingerprint density at radius 2 is 1.79 bits per heavy atom. The molecule has 5 nitrogen and oxygen atoms in total. The molecule has 0 spiro atoms. The van der Waals surface area contributed by atoms with E-state index in [1.54, 1.807) is 18.2 Å². The molecule has 0 aliphatic carbocycles. The average molecular weight is 324 g/mol. The first-order chi connectivity index (χ1) is 11.7. The van der Waals surface area contributed by atoms with Gasteiger partial charge < -0.3 is 9.47 Å². The van der Waals surface area contributed by atoms with Gasteiger partial charge in [0.1, 0.15) is 5.82 Å². The van der Waals surface area contributed by atoms with Crippen molar-refractivity contribution in [1.29, 1.82) is 0 Å². The molecule has 4 rings (SSSR count). The van der Waals surface area contributed by atoms with Crippen molar-refractivity contribution >= 4 is 0 Å². The van der Waals surface area contributed by atoms with Crippen molar-refractivity contribution in [3.8, 4) is 22.8 Å². The van der Waals surface area contributed by atoms with Crippen LogP contribution in [0.5, 0.6) is 11.5 Å². The summed E-state index contributed by atoms with van der Waals surface area (Å²) in [5.41, 5.74) is 2.02. The number of hydrogen-bond donors (Lipinski definition) is 0. The number of hydrogen-bond acceptors (Lipinski definition) is 4. The highest BCUT2D eigenvalue weighted by Gasteiger charge is 2.14. The predicted octanol–water partition coefficient (Wildman–Crippen LogP) is 2.83. The fraction of sp³-hybridized carbons (Fsp3) is 0.111. The monoisotopic (exact) mass is 324 g/mol. The molecule has 24 heavy (non-hydrogen) atoms. The van der Waals surface area contributed by atoms with Gasteiger partial charge in [-0.15, -0.1) is 0 Å². The highest BCUT2D eigenvalue weighted by atomic mass is 19.1. The van der Waals surface area contributed by atoms with Crippen molar-refractivity contribution in [3.05, 3.63) is 76.3 Å². The van der Waals surface area contributed by atoms with Crippen LogP contribution in [0.1, 0.15) is 5.56 Å². The van der Waals surface area contributed by atoms with E-state index in [0.29, 0.717) is 23.7 Å². The Balaban J connectivity index is 1.66. The number of rotatable bonds is 3. The van der Waals surface area contributed by atoms with Gasteiger partial charge in [-0.2, -0.15) is 5.10 Å².